The normalized spacial score (nSPS) is 13.3. The van der Waals surface area contributed by atoms with E-state index in [1.54, 1.807) is 5.32 Å². The molecule has 312 valence electrons. The summed E-state index contributed by atoms with van der Waals surface area (Å²) in [4.78, 5) is 58.0. The zero-order valence-electron chi connectivity index (χ0n) is 29.2. The van der Waals surface area contributed by atoms with Crippen molar-refractivity contribution in [2.24, 2.45) is 11.5 Å². The largest absolute Gasteiger partial charge is 0.490 e. The summed E-state index contributed by atoms with van der Waals surface area (Å²) in [6.07, 6.45) is -21.3. The molecule has 0 aliphatic carbocycles. The molecule has 5 N–H and O–H groups in total. The summed E-state index contributed by atoms with van der Waals surface area (Å²) in [6.45, 7) is 1.59. The van der Waals surface area contributed by atoms with Crippen LogP contribution in [-0.4, -0.2) is 61.9 Å². The van der Waals surface area contributed by atoms with Gasteiger partial charge in [0.05, 0.1) is 0 Å². The molecule has 3 amide bonds. The number of rotatable bonds is 18. The van der Waals surface area contributed by atoms with Crippen molar-refractivity contribution in [2.45, 2.75) is 30.7 Å². The molecule has 0 aliphatic heterocycles. The summed E-state index contributed by atoms with van der Waals surface area (Å²) in [5.41, 5.74) is 10.5. The highest BCUT2D eigenvalue weighted by atomic mass is 32.5. The van der Waals surface area contributed by atoms with E-state index >= 15 is 0 Å². The van der Waals surface area contributed by atoms with Crippen LogP contribution in [0.1, 0.15) is 23.3 Å². The maximum Gasteiger partial charge on any atom is 0.490 e. The lowest BCUT2D eigenvalue weighted by Crippen LogP contribution is -2.46. The topological polar surface area (TPSA) is 223 Å². The highest BCUT2D eigenvalue weighted by Crippen LogP contribution is 2.50. The average molecular weight is 866 g/mol. The quantitative estimate of drug-likeness (QED) is 0.0378. The van der Waals surface area contributed by atoms with Gasteiger partial charge in [0, 0.05) is 29.6 Å². The molecule has 0 bridgehead atoms. The number of amides is 3. The van der Waals surface area contributed by atoms with Crippen LogP contribution in [0.4, 0.5) is 46.4 Å². The summed E-state index contributed by atoms with van der Waals surface area (Å²) in [5, 5.41) is 1.74. The van der Waals surface area contributed by atoms with E-state index in [1.165, 1.54) is 48.5 Å². The fourth-order valence-electron chi connectivity index (χ4n) is 4.21. The lowest BCUT2D eigenvalue weighted by Gasteiger charge is -2.24. The number of alkyl halides is 6. The molecular weight excluding hydrogens is 835 g/mol. The zero-order valence-corrected chi connectivity index (χ0v) is 30.9. The Labute approximate surface area is 328 Å². The van der Waals surface area contributed by atoms with Gasteiger partial charge in [0.15, 0.2) is 12.2 Å². The first kappa shape index (κ1) is 45.9. The molecule has 0 fully saturated rings. The van der Waals surface area contributed by atoms with Crippen molar-refractivity contribution in [3.63, 3.8) is 0 Å². The number of carbonyl (C=O) groups is 5. The Morgan fingerprint density at radius 3 is 1.29 bits per heavy atom. The van der Waals surface area contributed by atoms with Crippen molar-refractivity contribution in [1.82, 2.24) is 0 Å². The molecule has 3 aromatic rings. The summed E-state index contributed by atoms with van der Waals surface area (Å²) < 4.78 is 118. The van der Waals surface area contributed by atoms with Gasteiger partial charge >= 0.3 is 49.3 Å². The van der Waals surface area contributed by atoms with Crippen molar-refractivity contribution >= 4 is 54.4 Å². The second-order valence-corrected chi connectivity index (χ2v) is 13.7. The van der Waals surface area contributed by atoms with E-state index in [0.717, 1.165) is 36.4 Å². The van der Waals surface area contributed by atoms with Crippen LogP contribution in [0, 0.1) is 0 Å². The van der Waals surface area contributed by atoms with Crippen LogP contribution in [0.25, 0.3) is 0 Å². The SMILES string of the molecule is C=CC(=O)OCC(OC(N)=O)c1ccc(OP(=S)(Oc2ccc(NC(=O)OC(C(F)(F)F)C(F)(F)F)cc2)Oc2ccc(C(COC(=O)C=C)OC(N)=O)cc2)cc1. The molecule has 0 saturated heterocycles. The lowest BCUT2D eigenvalue weighted by molar-refractivity contribution is -0.306. The molecule has 0 saturated carbocycles. The Morgan fingerprint density at radius 1 is 0.638 bits per heavy atom. The number of hydrogen-bond donors (Lipinski definition) is 3. The maximum atomic E-state index is 12.8. The van der Waals surface area contributed by atoms with Crippen molar-refractivity contribution in [3.8, 4) is 17.2 Å². The fourth-order valence-corrected chi connectivity index (χ4v) is 6.24. The van der Waals surface area contributed by atoms with E-state index in [2.05, 4.69) is 17.9 Å². The molecule has 16 nitrogen and oxygen atoms in total. The van der Waals surface area contributed by atoms with Crippen LogP contribution in [0.15, 0.2) is 98.1 Å². The van der Waals surface area contributed by atoms with Crippen LogP contribution in [-0.2, 0) is 45.1 Å². The van der Waals surface area contributed by atoms with Crippen LogP contribution in [0.3, 0.4) is 0 Å². The molecule has 3 aromatic carbocycles. The average Bonchev–Trinajstić information content (AvgIpc) is 3.14. The summed E-state index contributed by atoms with van der Waals surface area (Å²) in [7, 11) is 0. The maximum absolute atomic E-state index is 12.8. The minimum Gasteiger partial charge on any atom is -0.458 e. The highest BCUT2D eigenvalue weighted by Gasteiger charge is 2.60. The van der Waals surface area contributed by atoms with Gasteiger partial charge in [0.2, 0.25) is 0 Å². The van der Waals surface area contributed by atoms with Crippen LogP contribution >= 0.6 is 6.72 Å². The van der Waals surface area contributed by atoms with E-state index in [-0.39, 0.29) is 34.1 Å². The first-order valence-electron chi connectivity index (χ1n) is 15.7. The number of halogens is 6. The second kappa shape index (κ2) is 20.1. The third-order valence-electron chi connectivity index (χ3n) is 6.68. The molecule has 0 aliphatic rings. The summed E-state index contributed by atoms with van der Waals surface area (Å²) >= 11 is 5.65. The number of nitrogens with one attached hydrogen (secondary N) is 1. The van der Waals surface area contributed by atoms with E-state index < -0.39 is 80.8 Å². The number of esters is 2. The number of nitrogens with two attached hydrogens (primary N) is 2. The predicted octanol–water partition coefficient (Wildman–Crippen LogP) is 7.22. The molecule has 0 spiro atoms. The zero-order chi connectivity index (χ0) is 43.3. The van der Waals surface area contributed by atoms with Crippen LogP contribution in [0.5, 0.6) is 17.2 Å². The van der Waals surface area contributed by atoms with Gasteiger partial charge in [-0.1, -0.05) is 37.4 Å². The van der Waals surface area contributed by atoms with E-state index in [0.29, 0.717) is 0 Å². The molecule has 2 atom stereocenters. The second-order valence-electron chi connectivity index (χ2n) is 10.9. The Hall–Kier alpha value is -6.48. The first-order chi connectivity index (χ1) is 27.1. The molecule has 0 aromatic heterocycles. The summed E-state index contributed by atoms with van der Waals surface area (Å²) in [6, 6.07) is 15.1. The lowest BCUT2D eigenvalue weighted by atomic mass is 10.1. The third-order valence-corrected chi connectivity index (χ3v) is 8.65. The van der Waals surface area contributed by atoms with Gasteiger partial charge in [-0.15, -0.1) is 0 Å². The Morgan fingerprint density at radius 2 is 0.983 bits per heavy atom. The number of ether oxygens (including phenoxy) is 5. The number of hydrogen-bond acceptors (Lipinski definition) is 14. The Balaban J connectivity index is 1.90. The fraction of sp³-hybridized carbons (Fsp3) is 0.206. The Bertz CT molecular complexity index is 1890. The minimum absolute atomic E-state index is 0.00603. The van der Waals surface area contributed by atoms with E-state index in [1.807, 2.05) is 0 Å². The van der Waals surface area contributed by atoms with Crippen molar-refractivity contribution in [3.05, 3.63) is 109 Å². The number of anilines is 1. The van der Waals surface area contributed by atoms with Crippen LogP contribution in [0.2, 0.25) is 0 Å². The van der Waals surface area contributed by atoms with E-state index in [4.69, 9.17) is 55.8 Å². The standard InChI is InChI=1S/C34H30F6N3O13PS/c1-3-27(44)49-17-25(51-30(41)46)19-5-11-22(12-6-19)54-57(58,55-23-13-7-20(8-14-23)26(52-31(42)47)18-50-28(45)4-2)56-24-15-9-21(10-16-24)43-32(48)53-29(33(35,36)37)34(38,39)40/h3-16,25-26,29H,1-2,17-18H2,(H2,41,46)(H2,42,47)(H,43,48). The third kappa shape index (κ3) is 14.9. The van der Waals surface area contributed by atoms with Crippen molar-refractivity contribution < 1.29 is 87.6 Å². The highest BCUT2D eigenvalue weighted by molar-refractivity contribution is 8.08. The first-order valence-corrected chi connectivity index (χ1v) is 18.3. The smallest absolute Gasteiger partial charge is 0.458 e. The molecule has 2 unspecified atom stereocenters. The van der Waals surface area contributed by atoms with Gasteiger partial charge < -0.3 is 48.7 Å². The number of primary amides is 2. The predicted molar refractivity (Wildman–Crippen MR) is 191 cm³/mol. The minimum atomic E-state index is -5.94. The number of benzene rings is 3. The Kier molecular flexibility index (Phi) is 15.9. The molecule has 0 radical (unpaired) electrons. The molecule has 24 heteroatoms. The van der Waals surface area contributed by atoms with Gasteiger partial charge in [0.1, 0.15) is 30.5 Å². The number of carbonyl (C=O) groups excluding carboxylic acids is 5. The summed E-state index contributed by atoms with van der Waals surface area (Å²) in [5.74, 6) is -1.78. The van der Waals surface area contributed by atoms with Crippen LogP contribution < -0.4 is 30.4 Å². The molecule has 3 rings (SSSR count). The van der Waals surface area contributed by atoms with Gasteiger partial charge in [-0.05, 0) is 59.7 Å². The van der Waals surface area contributed by atoms with Gasteiger partial charge in [0.25, 0.3) is 6.10 Å². The van der Waals surface area contributed by atoms with Gasteiger partial charge in [-0.3, -0.25) is 5.32 Å². The van der Waals surface area contributed by atoms with E-state index in [9.17, 15) is 50.3 Å². The van der Waals surface area contributed by atoms with Gasteiger partial charge in [-0.2, -0.15) is 26.3 Å². The monoisotopic (exact) mass is 865 g/mol. The molecule has 58 heavy (non-hydrogen) atoms. The van der Waals surface area contributed by atoms with Gasteiger partial charge in [-0.25, -0.2) is 24.0 Å². The molecule has 0 heterocycles. The molecular formula is C34H30F6N3O13PS. The van der Waals surface area contributed by atoms with Crippen molar-refractivity contribution in [1.29, 1.82) is 0 Å². The van der Waals surface area contributed by atoms with Crippen molar-refractivity contribution in [2.75, 3.05) is 18.5 Å².